The van der Waals surface area contributed by atoms with Gasteiger partial charge in [-0.15, -0.1) is 0 Å². The number of ketones is 1. The van der Waals surface area contributed by atoms with Crippen molar-refractivity contribution in [3.05, 3.63) is 70.8 Å². The largest absolute Gasteiger partial charge is 0.352 e. The molecule has 1 fully saturated rings. The van der Waals surface area contributed by atoms with Gasteiger partial charge in [0.15, 0.2) is 5.78 Å². The Balaban J connectivity index is 1.77. The molecular formula is C21H16N2O. The number of anilines is 1. The molecule has 3 heteroatoms. The Morgan fingerprint density at radius 2 is 1.96 bits per heavy atom. The molecule has 5 rings (SSSR count). The van der Waals surface area contributed by atoms with E-state index in [0.29, 0.717) is 0 Å². The van der Waals surface area contributed by atoms with Crippen LogP contribution in [0.25, 0.3) is 6.08 Å². The first kappa shape index (κ1) is 13.6. The smallest absolute Gasteiger partial charge is 0.186 e. The molecular weight excluding hydrogens is 296 g/mol. The molecule has 2 aromatic rings. The molecule has 0 saturated carbocycles. The standard InChI is InChI=1S/C21H16N2O/c1-12-5-4-6-13-9-10-17-16(11-22)18-14-7-2-3-8-15(14)21(24)20(18)23(17)19(12)13/h2-10,16-18,20H,1H3/t16-,17+,18+,20-/m0/s1. The first-order chi connectivity index (χ1) is 11.7. The summed E-state index contributed by atoms with van der Waals surface area (Å²) >= 11 is 0. The molecule has 2 heterocycles. The summed E-state index contributed by atoms with van der Waals surface area (Å²) < 4.78 is 0. The molecule has 3 nitrogen and oxygen atoms in total. The van der Waals surface area contributed by atoms with Crippen LogP contribution < -0.4 is 4.90 Å². The number of nitriles is 1. The summed E-state index contributed by atoms with van der Waals surface area (Å²) in [6.45, 7) is 2.08. The van der Waals surface area contributed by atoms with Gasteiger partial charge in [-0.1, -0.05) is 54.6 Å². The van der Waals surface area contributed by atoms with Gasteiger partial charge in [0.2, 0.25) is 0 Å². The predicted octanol–water partition coefficient (Wildman–Crippen LogP) is 3.70. The molecule has 0 unspecified atom stereocenters. The van der Waals surface area contributed by atoms with E-state index in [4.69, 9.17) is 0 Å². The minimum atomic E-state index is -0.262. The molecule has 0 spiro atoms. The van der Waals surface area contributed by atoms with Crippen LogP contribution in [0.3, 0.4) is 0 Å². The van der Waals surface area contributed by atoms with Gasteiger partial charge < -0.3 is 4.90 Å². The zero-order chi connectivity index (χ0) is 16.4. The van der Waals surface area contributed by atoms with Crippen molar-refractivity contribution in [1.29, 1.82) is 5.26 Å². The maximum atomic E-state index is 13.1. The molecule has 0 aromatic heterocycles. The fourth-order valence-electron chi connectivity index (χ4n) is 4.79. The maximum absolute atomic E-state index is 13.1. The lowest BCUT2D eigenvalue weighted by molar-refractivity contribution is 0.0970. The number of fused-ring (bicyclic) bond motifs is 7. The van der Waals surface area contributed by atoms with E-state index in [0.717, 1.165) is 27.9 Å². The van der Waals surface area contributed by atoms with Gasteiger partial charge in [-0.05, 0) is 23.6 Å². The minimum Gasteiger partial charge on any atom is -0.352 e. The average Bonchev–Trinajstić information content (AvgIpc) is 3.09. The zero-order valence-electron chi connectivity index (χ0n) is 13.3. The Morgan fingerprint density at radius 1 is 1.12 bits per heavy atom. The molecule has 1 aliphatic carbocycles. The van der Waals surface area contributed by atoms with Crippen molar-refractivity contribution in [2.45, 2.75) is 24.9 Å². The second-order valence-corrected chi connectivity index (χ2v) is 6.85. The summed E-state index contributed by atoms with van der Waals surface area (Å²) in [7, 11) is 0. The van der Waals surface area contributed by atoms with Crippen molar-refractivity contribution >= 4 is 17.5 Å². The van der Waals surface area contributed by atoms with E-state index >= 15 is 0 Å². The Labute approximate surface area is 140 Å². The number of aryl methyl sites for hydroxylation is 1. The molecule has 2 aliphatic heterocycles. The van der Waals surface area contributed by atoms with E-state index < -0.39 is 0 Å². The molecule has 0 bridgehead atoms. The fraction of sp³-hybridized carbons (Fsp3) is 0.238. The molecule has 116 valence electrons. The number of hydrogen-bond acceptors (Lipinski definition) is 3. The van der Waals surface area contributed by atoms with Gasteiger partial charge in [0.25, 0.3) is 0 Å². The van der Waals surface area contributed by atoms with Crippen LogP contribution in [0.2, 0.25) is 0 Å². The zero-order valence-corrected chi connectivity index (χ0v) is 13.3. The Bertz CT molecular complexity index is 953. The summed E-state index contributed by atoms with van der Waals surface area (Å²) in [6.07, 6.45) is 4.20. The third-order valence-corrected chi connectivity index (χ3v) is 5.72. The molecule has 1 saturated heterocycles. The molecule has 0 N–H and O–H groups in total. The summed E-state index contributed by atoms with van der Waals surface area (Å²) in [5.74, 6) is -0.0895. The van der Waals surface area contributed by atoms with Crippen LogP contribution in [0, 0.1) is 24.2 Å². The van der Waals surface area contributed by atoms with Crippen molar-refractivity contribution in [1.82, 2.24) is 0 Å². The minimum absolute atomic E-state index is 0.0316. The van der Waals surface area contributed by atoms with Crippen molar-refractivity contribution in [3.8, 4) is 6.07 Å². The van der Waals surface area contributed by atoms with Gasteiger partial charge in [0.05, 0.1) is 18.0 Å². The number of rotatable bonds is 0. The summed E-state index contributed by atoms with van der Waals surface area (Å²) in [4.78, 5) is 15.4. The number of hydrogen-bond donors (Lipinski definition) is 0. The van der Waals surface area contributed by atoms with Crippen LogP contribution in [-0.2, 0) is 0 Å². The summed E-state index contributed by atoms with van der Waals surface area (Å²) in [6, 6.07) is 16.2. The predicted molar refractivity (Wildman–Crippen MR) is 92.9 cm³/mol. The highest BCUT2D eigenvalue weighted by atomic mass is 16.1. The number of carbonyl (C=O) groups is 1. The second-order valence-electron chi connectivity index (χ2n) is 6.85. The van der Waals surface area contributed by atoms with E-state index in [1.807, 2.05) is 30.3 Å². The van der Waals surface area contributed by atoms with Gasteiger partial charge in [-0.25, -0.2) is 0 Å². The normalized spacial score (nSPS) is 28.8. The van der Waals surface area contributed by atoms with Crippen molar-refractivity contribution < 1.29 is 4.79 Å². The second kappa shape index (κ2) is 4.58. The van der Waals surface area contributed by atoms with E-state index in [9.17, 15) is 10.1 Å². The summed E-state index contributed by atoms with van der Waals surface area (Å²) in [5.41, 5.74) is 5.22. The quantitative estimate of drug-likeness (QED) is 0.745. The van der Waals surface area contributed by atoms with Crippen LogP contribution in [0.1, 0.15) is 33.0 Å². The third kappa shape index (κ3) is 1.48. The van der Waals surface area contributed by atoms with E-state index in [1.54, 1.807) is 0 Å². The van der Waals surface area contributed by atoms with Gasteiger partial charge in [0.1, 0.15) is 6.04 Å². The summed E-state index contributed by atoms with van der Waals surface area (Å²) in [5, 5.41) is 9.86. The maximum Gasteiger partial charge on any atom is 0.186 e. The SMILES string of the molecule is Cc1cccc2c1N1[C@H](C=C2)[C@H](C#N)[C@H]2c3ccccc3C(=O)[C@H]21. The highest BCUT2D eigenvalue weighted by molar-refractivity contribution is 6.09. The highest BCUT2D eigenvalue weighted by Gasteiger charge is 2.57. The van der Waals surface area contributed by atoms with Crippen LogP contribution in [-0.4, -0.2) is 17.9 Å². The molecule has 0 radical (unpaired) electrons. The highest BCUT2D eigenvalue weighted by Crippen LogP contribution is 2.53. The first-order valence-electron chi connectivity index (χ1n) is 8.31. The number of benzene rings is 2. The lowest BCUT2D eigenvalue weighted by atomic mass is 9.85. The monoisotopic (exact) mass is 312 g/mol. The van der Waals surface area contributed by atoms with Gasteiger partial charge >= 0.3 is 0 Å². The average molecular weight is 312 g/mol. The Hall–Kier alpha value is -2.86. The number of nitrogens with zero attached hydrogens (tertiary/aromatic N) is 2. The first-order valence-corrected chi connectivity index (χ1v) is 8.31. The number of para-hydroxylation sites is 1. The van der Waals surface area contributed by atoms with Gasteiger partial charge in [-0.3, -0.25) is 4.79 Å². The molecule has 4 atom stereocenters. The van der Waals surface area contributed by atoms with E-state index in [1.165, 1.54) is 0 Å². The Kier molecular flexibility index (Phi) is 2.59. The number of Topliss-reactive ketones (excluding diaryl/α,β-unsaturated/α-hetero) is 1. The van der Waals surface area contributed by atoms with Gasteiger partial charge in [0, 0.05) is 17.2 Å². The third-order valence-electron chi connectivity index (χ3n) is 5.72. The molecule has 0 amide bonds. The number of carbonyl (C=O) groups excluding carboxylic acids is 1. The van der Waals surface area contributed by atoms with Crippen molar-refractivity contribution in [2.24, 2.45) is 5.92 Å². The fourth-order valence-corrected chi connectivity index (χ4v) is 4.79. The van der Waals surface area contributed by atoms with Crippen LogP contribution in [0.5, 0.6) is 0 Å². The molecule has 24 heavy (non-hydrogen) atoms. The van der Waals surface area contributed by atoms with Crippen LogP contribution >= 0.6 is 0 Å². The topological polar surface area (TPSA) is 44.1 Å². The van der Waals surface area contributed by atoms with Crippen molar-refractivity contribution in [2.75, 3.05) is 4.90 Å². The van der Waals surface area contributed by atoms with Gasteiger partial charge in [-0.2, -0.15) is 5.26 Å². The van der Waals surface area contributed by atoms with E-state index in [2.05, 4.69) is 42.2 Å². The lowest BCUT2D eigenvalue weighted by Gasteiger charge is -2.35. The van der Waals surface area contributed by atoms with E-state index in [-0.39, 0.29) is 29.7 Å². The Morgan fingerprint density at radius 3 is 2.79 bits per heavy atom. The molecule has 2 aromatic carbocycles. The molecule has 3 aliphatic rings. The van der Waals surface area contributed by atoms with Crippen LogP contribution in [0.4, 0.5) is 5.69 Å². The lowest BCUT2D eigenvalue weighted by Crippen LogP contribution is -2.42. The van der Waals surface area contributed by atoms with Crippen molar-refractivity contribution in [3.63, 3.8) is 0 Å². The van der Waals surface area contributed by atoms with Crippen LogP contribution in [0.15, 0.2) is 48.5 Å².